The van der Waals surface area contributed by atoms with E-state index in [1.54, 1.807) is 13.2 Å². The van der Waals surface area contributed by atoms with Gasteiger partial charge in [-0.1, -0.05) is 50.7 Å². The second-order valence-electron chi connectivity index (χ2n) is 7.76. The minimum absolute atomic E-state index is 0.115. The van der Waals surface area contributed by atoms with E-state index < -0.39 is 0 Å². The molecular formula is C24H30N4O3S. The molecule has 32 heavy (non-hydrogen) atoms. The molecule has 0 fully saturated rings. The second-order valence-corrected chi connectivity index (χ2v) is 8.70. The van der Waals surface area contributed by atoms with Crippen LogP contribution in [0.2, 0.25) is 0 Å². The van der Waals surface area contributed by atoms with E-state index in [0.29, 0.717) is 29.1 Å². The Hall–Kier alpha value is -3.00. The average Bonchev–Trinajstić information content (AvgIpc) is 3.17. The number of methoxy groups -OCH3 is 1. The molecule has 0 saturated carbocycles. The number of thioether (sulfide) groups is 1. The molecule has 0 bridgehead atoms. The quantitative estimate of drug-likeness (QED) is 0.419. The molecule has 3 aromatic rings. The minimum Gasteiger partial charge on any atom is -0.497 e. The van der Waals surface area contributed by atoms with E-state index in [1.807, 2.05) is 34.9 Å². The predicted molar refractivity (Wildman–Crippen MR) is 127 cm³/mol. The molecule has 0 radical (unpaired) electrons. The van der Waals surface area contributed by atoms with Crippen LogP contribution in [-0.2, 0) is 24.4 Å². The summed E-state index contributed by atoms with van der Waals surface area (Å²) in [7, 11) is 1.60. The number of anilines is 1. The Morgan fingerprint density at radius 1 is 1.12 bits per heavy atom. The third kappa shape index (κ3) is 6.75. The van der Waals surface area contributed by atoms with Crippen LogP contribution in [0.15, 0.2) is 53.7 Å². The van der Waals surface area contributed by atoms with Gasteiger partial charge in [0.25, 0.3) is 0 Å². The fourth-order valence-corrected chi connectivity index (χ4v) is 3.84. The molecule has 8 heteroatoms. The van der Waals surface area contributed by atoms with Crippen molar-refractivity contribution in [3.05, 3.63) is 59.9 Å². The predicted octanol–water partition coefficient (Wildman–Crippen LogP) is 4.81. The van der Waals surface area contributed by atoms with E-state index >= 15 is 0 Å². The SMILES string of the molecule is CCc1ccc(OCc2nnc(SCC(=O)Nc3cccc(OC)c3)n2CC(C)C)cc1. The summed E-state index contributed by atoms with van der Waals surface area (Å²) in [6, 6.07) is 15.4. The average molecular weight is 455 g/mol. The molecule has 170 valence electrons. The van der Waals surface area contributed by atoms with Gasteiger partial charge in [-0.15, -0.1) is 10.2 Å². The first-order chi connectivity index (χ1) is 15.5. The zero-order valence-corrected chi connectivity index (χ0v) is 19.8. The second kappa shape index (κ2) is 11.6. The highest BCUT2D eigenvalue weighted by Gasteiger charge is 2.16. The molecular weight excluding hydrogens is 424 g/mol. The maximum Gasteiger partial charge on any atom is 0.234 e. The molecule has 0 aliphatic rings. The number of aromatic nitrogens is 3. The normalized spacial score (nSPS) is 10.9. The van der Waals surface area contributed by atoms with Crippen LogP contribution in [0.4, 0.5) is 5.69 Å². The third-order valence-electron chi connectivity index (χ3n) is 4.73. The largest absolute Gasteiger partial charge is 0.497 e. The zero-order chi connectivity index (χ0) is 22.9. The number of aryl methyl sites for hydroxylation is 1. The molecule has 0 saturated heterocycles. The number of nitrogens with one attached hydrogen (secondary N) is 1. The molecule has 0 atom stereocenters. The van der Waals surface area contributed by atoms with Gasteiger partial charge in [-0.25, -0.2) is 0 Å². The van der Waals surface area contributed by atoms with Gasteiger partial charge in [-0.05, 0) is 42.2 Å². The number of hydrogen-bond donors (Lipinski definition) is 1. The van der Waals surface area contributed by atoms with Crippen LogP contribution in [0, 0.1) is 5.92 Å². The highest BCUT2D eigenvalue weighted by atomic mass is 32.2. The molecule has 2 aromatic carbocycles. The topological polar surface area (TPSA) is 78.3 Å². The number of carbonyl (C=O) groups is 1. The van der Waals surface area contributed by atoms with Gasteiger partial charge in [-0.3, -0.25) is 4.79 Å². The Kier molecular flexibility index (Phi) is 8.56. The number of carbonyl (C=O) groups excluding carboxylic acids is 1. The Bertz CT molecular complexity index is 1020. The molecule has 0 unspecified atom stereocenters. The molecule has 0 aliphatic heterocycles. The van der Waals surface area contributed by atoms with Crippen molar-refractivity contribution in [3.8, 4) is 11.5 Å². The Labute approximate surface area is 193 Å². The lowest BCUT2D eigenvalue weighted by Gasteiger charge is -2.13. The van der Waals surface area contributed by atoms with Crippen LogP contribution in [0.1, 0.15) is 32.2 Å². The molecule has 0 aliphatic carbocycles. The summed E-state index contributed by atoms with van der Waals surface area (Å²) >= 11 is 1.36. The number of nitrogens with zero attached hydrogens (tertiary/aromatic N) is 3. The maximum absolute atomic E-state index is 12.4. The van der Waals surface area contributed by atoms with Crippen LogP contribution >= 0.6 is 11.8 Å². The van der Waals surface area contributed by atoms with Gasteiger partial charge >= 0.3 is 0 Å². The summed E-state index contributed by atoms with van der Waals surface area (Å²) in [4.78, 5) is 12.4. The Morgan fingerprint density at radius 2 is 1.91 bits per heavy atom. The van der Waals surface area contributed by atoms with Crippen LogP contribution in [0.5, 0.6) is 11.5 Å². The summed E-state index contributed by atoms with van der Waals surface area (Å²) in [5, 5.41) is 12.2. The highest BCUT2D eigenvalue weighted by Crippen LogP contribution is 2.22. The lowest BCUT2D eigenvalue weighted by atomic mass is 10.2. The highest BCUT2D eigenvalue weighted by molar-refractivity contribution is 7.99. The Morgan fingerprint density at radius 3 is 2.59 bits per heavy atom. The standard InChI is InChI=1S/C24H30N4O3S/c1-5-18-9-11-20(12-10-18)31-15-22-26-27-24(28(22)14-17(2)3)32-16-23(29)25-19-7-6-8-21(13-19)30-4/h6-13,17H,5,14-16H2,1-4H3,(H,25,29). The van der Waals surface area contributed by atoms with Gasteiger partial charge in [0.15, 0.2) is 11.0 Å². The first-order valence-electron chi connectivity index (χ1n) is 10.7. The minimum atomic E-state index is -0.115. The summed E-state index contributed by atoms with van der Waals surface area (Å²) in [5.41, 5.74) is 1.97. The van der Waals surface area contributed by atoms with Crippen LogP contribution in [0.3, 0.4) is 0 Å². The van der Waals surface area contributed by atoms with Crippen molar-refractivity contribution in [1.29, 1.82) is 0 Å². The zero-order valence-electron chi connectivity index (χ0n) is 19.0. The number of ether oxygens (including phenoxy) is 2. The maximum atomic E-state index is 12.4. The van der Waals surface area contributed by atoms with Crippen molar-refractivity contribution in [1.82, 2.24) is 14.8 Å². The fraction of sp³-hybridized carbons (Fsp3) is 0.375. The van der Waals surface area contributed by atoms with Gasteiger partial charge in [0.2, 0.25) is 5.91 Å². The van der Waals surface area contributed by atoms with Gasteiger partial charge in [-0.2, -0.15) is 0 Å². The molecule has 1 heterocycles. The van der Waals surface area contributed by atoms with Gasteiger partial charge in [0.1, 0.15) is 18.1 Å². The van der Waals surface area contributed by atoms with Crippen LogP contribution in [0.25, 0.3) is 0 Å². The molecule has 7 nitrogen and oxygen atoms in total. The van der Waals surface area contributed by atoms with E-state index in [4.69, 9.17) is 9.47 Å². The van der Waals surface area contributed by atoms with Crippen LogP contribution in [-0.4, -0.2) is 33.5 Å². The van der Waals surface area contributed by atoms with Crippen molar-refractivity contribution in [2.45, 2.75) is 45.5 Å². The number of benzene rings is 2. The lowest BCUT2D eigenvalue weighted by Crippen LogP contribution is -2.16. The Balaban J connectivity index is 1.62. The van der Waals surface area contributed by atoms with Crippen LogP contribution < -0.4 is 14.8 Å². The molecule has 1 aromatic heterocycles. The molecule has 3 rings (SSSR count). The van der Waals surface area contributed by atoms with Crippen molar-refractivity contribution in [2.24, 2.45) is 5.92 Å². The first kappa shape index (κ1) is 23.7. The van der Waals surface area contributed by atoms with Gasteiger partial charge in [0.05, 0.1) is 12.9 Å². The van der Waals surface area contributed by atoms with Gasteiger partial charge in [0, 0.05) is 18.3 Å². The van der Waals surface area contributed by atoms with E-state index in [1.165, 1.54) is 17.3 Å². The number of rotatable bonds is 11. The first-order valence-corrected chi connectivity index (χ1v) is 11.7. The van der Waals surface area contributed by atoms with Crippen molar-refractivity contribution in [2.75, 3.05) is 18.2 Å². The number of hydrogen-bond acceptors (Lipinski definition) is 6. The smallest absolute Gasteiger partial charge is 0.234 e. The monoisotopic (exact) mass is 454 g/mol. The summed E-state index contributed by atoms with van der Waals surface area (Å²) < 4.78 is 13.2. The summed E-state index contributed by atoms with van der Waals surface area (Å²) in [5.74, 6) is 2.75. The third-order valence-corrected chi connectivity index (χ3v) is 5.69. The van der Waals surface area contributed by atoms with E-state index in [-0.39, 0.29) is 11.7 Å². The fourth-order valence-electron chi connectivity index (χ4n) is 3.08. The van der Waals surface area contributed by atoms with Crippen molar-refractivity contribution in [3.63, 3.8) is 0 Å². The summed E-state index contributed by atoms with van der Waals surface area (Å²) in [6.45, 7) is 7.47. The van der Waals surface area contributed by atoms with Crippen molar-refractivity contribution >= 4 is 23.4 Å². The lowest BCUT2D eigenvalue weighted by molar-refractivity contribution is -0.113. The van der Waals surface area contributed by atoms with E-state index in [2.05, 4.69) is 48.4 Å². The molecule has 1 N–H and O–H groups in total. The number of amides is 1. The van der Waals surface area contributed by atoms with E-state index in [9.17, 15) is 4.79 Å². The van der Waals surface area contributed by atoms with E-state index in [0.717, 1.165) is 24.5 Å². The summed E-state index contributed by atoms with van der Waals surface area (Å²) in [6.07, 6.45) is 0.995. The molecule has 1 amide bonds. The van der Waals surface area contributed by atoms with Crippen molar-refractivity contribution < 1.29 is 14.3 Å². The molecule has 0 spiro atoms. The van der Waals surface area contributed by atoms with Gasteiger partial charge < -0.3 is 19.4 Å².